The molecule has 0 aliphatic carbocycles. The van der Waals surface area contributed by atoms with Gasteiger partial charge in [-0.2, -0.15) is 0 Å². The normalized spacial score (nSPS) is 12.8. The lowest BCUT2D eigenvalue weighted by Crippen LogP contribution is -2.34. The first kappa shape index (κ1) is 11.3. The Hall–Kier alpha value is -2.16. The third-order valence-corrected chi connectivity index (χ3v) is 2.62. The molecule has 0 unspecified atom stereocenters. The van der Waals surface area contributed by atoms with Gasteiger partial charge in [0.15, 0.2) is 0 Å². The fraction of sp³-hybridized carbons (Fsp3) is 0.143. The van der Waals surface area contributed by atoms with Crippen LogP contribution in [0.1, 0.15) is 34.6 Å². The molecule has 3 nitrogen and oxygen atoms in total. The van der Waals surface area contributed by atoms with E-state index in [1.807, 2.05) is 38.1 Å². The van der Waals surface area contributed by atoms with E-state index in [4.69, 9.17) is 0 Å². The lowest BCUT2D eigenvalue weighted by atomic mass is 9.95. The highest BCUT2D eigenvalue weighted by atomic mass is 16.2. The highest BCUT2D eigenvalue weighted by Crippen LogP contribution is 2.25. The third-order valence-electron chi connectivity index (χ3n) is 2.62. The molecule has 0 bridgehead atoms. The summed E-state index contributed by atoms with van der Waals surface area (Å²) in [5.74, 6) is -0.631. The van der Waals surface area contributed by atoms with Crippen LogP contribution in [0, 0.1) is 0 Å². The van der Waals surface area contributed by atoms with Crippen LogP contribution in [-0.4, -0.2) is 11.8 Å². The molecule has 1 heterocycles. The minimum absolute atomic E-state index is 0.315. The average Bonchev–Trinajstić information content (AvgIpc) is 2.38. The maximum atomic E-state index is 11.6. The molecule has 86 valence electrons. The van der Waals surface area contributed by atoms with Crippen molar-refractivity contribution in [3.63, 3.8) is 0 Å². The van der Waals surface area contributed by atoms with Gasteiger partial charge in [0.25, 0.3) is 11.8 Å². The van der Waals surface area contributed by atoms with Gasteiger partial charge in [-0.25, -0.2) is 0 Å². The zero-order valence-electron chi connectivity index (χ0n) is 9.78. The molecule has 0 aromatic heterocycles. The summed E-state index contributed by atoms with van der Waals surface area (Å²) in [5, 5.41) is 4.00. The molecule has 0 saturated heterocycles. The second-order valence-corrected chi connectivity index (χ2v) is 3.49. The lowest BCUT2D eigenvalue weighted by molar-refractivity contribution is 0.0845. The second-order valence-electron chi connectivity index (χ2n) is 3.49. The molecule has 2 aromatic rings. The number of amides is 2. The van der Waals surface area contributed by atoms with E-state index in [2.05, 4.69) is 5.32 Å². The van der Waals surface area contributed by atoms with E-state index in [-0.39, 0.29) is 11.8 Å². The Labute approximate surface area is 99.4 Å². The van der Waals surface area contributed by atoms with Gasteiger partial charge in [0.2, 0.25) is 0 Å². The molecule has 2 amide bonds. The van der Waals surface area contributed by atoms with Crippen molar-refractivity contribution < 1.29 is 9.59 Å². The van der Waals surface area contributed by atoms with Gasteiger partial charge in [-0.1, -0.05) is 38.1 Å². The van der Waals surface area contributed by atoms with Crippen molar-refractivity contribution in [1.82, 2.24) is 5.32 Å². The van der Waals surface area contributed by atoms with Crippen LogP contribution in [0.5, 0.6) is 0 Å². The minimum Gasteiger partial charge on any atom is -0.288 e. The summed E-state index contributed by atoms with van der Waals surface area (Å²) in [6.07, 6.45) is 0. The summed E-state index contributed by atoms with van der Waals surface area (Å²) in [5.41, 5.74) is 1.14. The summed E-state index contributed by atoms with van der Waals surface area (Å²) in [6.45, 7) is 4.00. The standard InChI is InChI=1S/C12H7NO2.C2H6/c14-11-8-5-1-3-7-4-2-6-9(10(7)8)12(15)13-11;1-2/h1-6H,(H,13,14,15);1-2H3. The molecule has 3 rings (SSSR count). The Morgan fingerprint density at radius 1 is 0.824 bits per heavy atom. The van der Waals surface area contributed by atoms with Gasteiger partial charge in [0.1, 0.15) is 0 Å². The monoisotopic (exact) mass is 227 g/mol. The van der Waals surface area contributed by atoms with Crippen molar-refractivity contribution in [3.8, 4) is 0 Å². The molecule has 0 radical (unpaired) electrons. The van der Waals surface area contributed by atoms with Crippen molar-refractivity contribution in [2.45, 2.75) is 13.8 Å². The molecule has 17 heavy (non-hydrogen) atoms. The summed E-state index contributed by atoms with van der Waals surface area (Å²) in [7, 11) is 0. The van der Waals surface area contributed by atoms with Crippen LogP contribution < -0.4 is 5.32 Å². The topological polar surface area (TPSA) is 46.2 Å². The summed E-state index contributed by atoms with van der Waals surface area (Å²) >= 11 is 0. The van der Waals surface area contributed by atoms with Crippen molar-refractivity contribution in [1.29, 1.82) is 0 Å². The number of carbonyl (C=O) groups is 2. The number of rotatable bonds is 0. The molecule has 0 atom stereocenters. The van der Waals surface area contributed by atoms with E-state index in [9.17, 15) is 9.59 Å². The van der Waals surface area contributed by atoms with Crippen LogP contribution in [0.4, 0.5) is 0 Å². The number of nitrogens with one attached hydrogen (secondary N) is 1. The van der Waals surface area contributed by atoms with Crippen LogP contribution in [0.15, 0.2) is 36.4 Å². The number of hydrogen-bond acceptors (Lipinski definition) is 2. The highest BCUT2D eigenvalue weighted by molar-refractivity contribution is 6.25. The van der Waals surface area contributed by atoms with E-state index in [0.29, 0.717) is 11.1 Å². The maximum absolute atomic E-state index is 11.6. The maximum Gasteiger partial charge on any atom is 0.258 e. The first-order valence-electron chi connectivity index (χ1n) is 5.65. The summed E-state index contributed by atoms with van der Waals surface area (Å²) in [4.78, 5) is 23.1. The highest BCUT2D eigenvalue weighted by Gasteiger charge is 2.23. The van der Waals surface area contributed by atoms with E-state index >= 15 is 0 Å². The minimum atomic E-state index is -0.315. The molecular formula is C14H13NO2. The molecule has 3 heteroatoms. The largest absolute Gasteiger partial charge is 0.288 e. The van der Waals surface area contributed by atoms with Crippen LogP contribution in [0.2, 0.25) is 0 Å². The zero-order valence-corrected chi connectivity index (χ0v) is 9.78. The van der Waals surface area contributed by atoms with Gasteiger partial charge in [0, 0.05) is 16.5 Å². The van der Waals surface area contributed by atoms with Gasteiger partial charge in [-0.15, -0.1) is 0 Å². The SMILES string of the molecule is CC.O=C1NC(=O)c2cccc3cccc1c23. The zero-order chi connectivity index (χ0) is 12.4. The van der Waals surface area contributed by atoms with Crippen molar-refractivity contribution in [2.75, 3.05) is 0 Å². The number of hydrogen-bond donors (Lipinski definition) is 1. The Kier molecular flexibility index (Phi) is 2.91. The Morgan fingerprint density at radius 3 is 1.76 bits per heavy atom. The Balaban J connectivity index is 0.000000514. The Bertz CT molecular complexity index is 553. The van der Waals surface area contributed by atoms with Crippen LogP contribution >= 0.6 is 0 Å². The first-order chi connectivity index (χ1) is 8.27. The number of imide groups is 1. The van der Waals surface area contributed by atoms with E-state index in [1.54, 1.807) is 12.1 Å². The van der Waals surface area contributed by atoms with Crippen LogP contribution in [0.3, 0.4) is 0 Å². The smallest absolute Gasteiger partial charge is 0.258 e. The van der Waals surface area contributed by atoms with Gasteiger partial charge < -0.3 is 0 Å². The van der Waals surface area contributed by atoms with Crippen molar-refractivity contribution >= 4 is 22.6 Å². The van der Waals surface area contributed by atoms with E-state index in [0.717, 1.165) is 10.8 Å². The van der Waals surface area contributed by atoms with Crippen LogP contribution in [-0.2, 0) is 0 Å². The summed E-state index contributed by atoms with van der Waals surface area (Å²) in [6, 6.07) is 10.9. The van der Waals surface area contributed by atoms with E-state index < -0.39 is 0 Å². The van der Waals surface area contributed by atoms with E-state index in [1.165, 1.54) is 0 Å². The van der Waals surface area contributed by atoms with Crippen molar-refractivity contribution in [2.24, 2.45) is 0 Å². The molecule has 0 saturated carbocycles. The van der Waals surface area contributed by atoms with Gasteiger partial charge in [-0.3, -0.25) is 14.9 Å². The lowest BCUT2D eigenvalue weighted by Gasteiger charge is -2.15. The molecular weight excluding hydrogens is 214 g/mol. The van der Waals surface area contributed by atoms with Crippen LogP contribution in [0.25, 0.3) is 10.8 Å². The predicted octanol–water partition coefficient (Wildman–Crippen LogP) is 2.75. The van der Waals surface area contributed by atoms with Gasteiger partial charge in [-0.05, 0) is 17.5 Å². The second kappa shape index (κ2) is 4.37. The molecule has 1 N–H and O–H groups in total. The molecule has 0 spiro atoms. The molecule has 2 aromatic carbocycles. The molecule has 0 fully saturated rings. The average molecular weight is 227 g/mol. The van der Waals surface area contributed by atoms with Gasteiger partial charge >= 0.3 is 0 Å². The van der Waals surface area contributed by atoms with Crippen molar-refractivity contribution in [3.05, 3.63) is 47.5 Å². The fourth-order valence-electron chi connectivity index (χ4n) is 1.96. The molecule has 1 aliphatic heterocycles. The third kappa shape index (κ3) is 1.69. The first-order valence-corrected chi connectivity index (χ1v) is 5.65. The molecule has 1 aliphatic rings. The predicted molar refractivity (Wildman–Crippen MR) is 67.1 cm³/mol. The van der Waals surface area contributed by atoms with Gasteiger partial charge in [0.05, 0.1) is 0 Å². The number of benzene rings is 2. The quantitative estimate of drug-likeness (QED) is 0.703. The number of carbonyl (C=O) groups excluding carboxylic acids is 2. The Morgan fingerprint density at radius 2 is 1.29 bits per heavy atom. The summed E-state index contributed by atoms with van der Waals surface area (Å²) < 4.78 is 0. The fourth-order valence-corrected chi connectivity index (χ4v) is 1.96.